The van der Waals surface area contributed by atoms with Crippen LogP contribution in [-0.2, 0) is 6.54 Å². The summed E-state index contributed by atoms with van der Waals surface area (Å²) in [7, 11) is 0. The minimum atomic E-state index is -0.574. The maximum absolute atomic E-state index is 11.6. The van der Waals surface area contributed by atoms with Gasteiger partial charge in [0.1, 0.15) is 6.33 Å². The largest absolute Gasteiger partial charge is 0.360 e. The van der Waals surface area contributed by atoms with Crippen LogP contribution in [0.2, 0.25) is 15.1 Å². The number of aromatic nitrogens is 2. The highest BCUT2D eigenvalue weighted by molar-refractivity contribution is 6.43. The van der Waals surface area contributed by atoms with Crippen molar-refractivity contribution < 1.29 is 4.92 Å². The summed E-state index contributed by atoms with van der Waals surface area (Å²) >= 11 is 18.2. The van der Waals surface area contributed by atoms with Crippen molar-refractivity contribution in [3.63, 3.8) is 0 Å². The average molecular weight is 425 g/mol. The second-order valence-corrected chi connectivity index (χ2v) is 6.54. The fraction of sp³-hybridized carbons (Fsp3) is 0.0588. The first-order valence-electron chi connectivity index (χ1n) is 7.65. The van der Waals surface area contributed by atoms with Crippen LogP contribution in [0, 0.1) is 10.1 Å². The predicted octanol–water partition coefficient (Wildman–Crippen LogP) is 5.70. The van der Waals surface area contributed by atoms with Gasteiger partial charge in [0.05, 0.1) is 20.7 Å². The molecule has 2 aromatic carbocycles. The van der Waals surface area contributed by atoms with Gasteiger partial charge in [0.2, 0.25) is 11.6 Å². The second-order valence-electron chi connectivity index (χ2n) is 5.35. The van der Waals surface area contributed by atoms with Gasteiger partial charge in [-0.25, -0.2) is 9.97 Å². The van der Waals surface area contributed by atoms with E-state index in [1.165, 1.54) is 6.33 Å². The van der Waals surface area contributed by atoms with E-state index in [1.54, 1.807) is 30.3 Å². The Bertz CT molecular complexity index is 1000. The van der Waals surface area contributed by atoms with Crippen LogP contribution >= 0.6 is 34.8 Å². The molecule has 0 unspecified atom stereocenters. The van der Waals surface area contributed by atoms with Crippen LogP contribution in [0.3, 0.4) is 0 Å². The lowest BCUT2D eigenvalue weighted by atomic mass is 10.2. The number of nitrogens with zero attached hydrogens (tertiary/aromatic N) is 3. The van der Waals surface area contributed by atoms with Crippen LogP contribution in [0.1, 0.15) is 5.56 Å². The van der Waals surface area contributed by atoms with E-state index in [9.17, 15) is 10.1 Å². The molecule has 0 spiro atoms. The van der Waals surface area contributed by atoms with Gasteiger partial charge in [-0.05, 0) is 23.8 Å². The molecule has 1 aromatic heterocycles. The van der Waals surface area contributed by atoms with Gasteiger partial charge in [-0.1, -0.05) is 59.1 Å². The van der Waals surface area contributed by atoms with Gasteiger partial charge < -0.3 is 10.6 Å². The van der Waals surface area contributed by atoms with Crippen LogP contribution in [0.15, 0.2) is 48.8 Å². The molecule has 0 radical (unpaired) electrons. The highest BCUT2D eigenvalue weighted by atomic mass is 35.5. The quantitative estimate of drug-likeness (QED) is 0.389. The molecular formula is C17H12Cl3N5O2. The summed E-state index contributed by atoms with van der Waals surface area (Å²) in [4.78, 5) is 19.0. The van der Waals surface area contributed by atoms with Crippen molar-refractivity contribution in [1.29, 1.82) is 0 Å². The molecule has 2 N–H and O–H groups in total. The smallest absolute Gasteiger partial charge is 0.353 e. The van der Waals surface area contributed by atoms with Crippen molar-refractivity contribution >= 4 is 57.8 Å². The van der Waals surface area contributed by atoms with E-state index < -0.39 is 4.92 Å². The fourth-order valence-corrected chi connectivity index (χ4v) is 2.87. The Morgan fingerprint density at radius 3 is 2.41 bits per heavy atom. The summed E-state index contributed by atoms with van der Waals surface area (Å²) in [5, 5.41) is 18.5. The number of hydrogen-bond donors (Lipinski definition) is 2. The Balaban J connectivity index is 1.92. The third-order valence-electron chi connectivity index (χ3n) is 3.61. The first kappa shape index (κ1) is 19.2. The highest BCUT2D eigenvalue weighted by Crippen LogP contribution is 2.36. The van der Waals surface area contributed by atoms with Crippen LogP contribution < -0.4 is 10.6 Å². The van der Waals surface area contributed by atoms with Crippen LogP contribution in [0.4, 0.5) is 23.0 Å². The maximum atomic E-state index is 11.6. The summed E-state index contributed by atoms with van der Waals surface area (Å²) in [5.74, 6) is 0.0383. The molecule has 3 aromatic rings. The van der Waals surface area contributed by atoms with Crippen molar-refractivity contribution in [3.05, 3.63) is 79.5 Å². The van der Waals surface area contributed by atoms with Crippen molar-refractivity contribution in [2.24, 2.45) is 0 Å². The number of hydrogen-bond acceptors (Lipinski definition) is 6. The zero-order valence-electron chi connectivity index (χ0n) is 13.6. The van der Waals surface area contributed by atoms with E-state index in [2.05, 4.69) is 20.6 Å². The molecule has 0 atom stereocenters. The monoisotopic (exact) mass is 423 g/mol. The van der Waals surface area contributed by atoms with E-state index >= 15 is 0 Å². The molecule has 10 heteroatoms. The van der Waals surface area contributed by atoms with E-state index in [-0.39, 0.29) is 28.9 Å². The first-order chi connectivity index (χ1) is 13.0. The Morgan fingerprint density at radius 2 is 1.67 bits per heavy atom. The van der Waals surface area contributed by atoms with Gasteiger partial charge in [-0.3, -0.25) is 10.1 Å². The summed E-state index contributed by atoms with van der Waals surface area (Å²) in [6, 6.07) is 12.1. The first-order valence-corrected chi connectivity index (χ1v) is 8.78. The lowest BCUT2D eigenvalue weighted by Crippen LogP contribution is -2.08. The van der Waals surface area contributed by atoms with Gasteiger partial charge >= 0.3 is 5.69 Å². The molecule has 0 saturated carbocycles. The predicted molar refractivity (Wildman–Crippen MR) is 107 cm³/mol. The molecule has 0 aliphatic rings. The van der Waals surface area contributed by atoms with E-state index in [0.29, 0.717) is 15.7 Å². The summed E-state index contributed by atoms with van der Waals surface area (Å²) < 4.78 is 0. The van der Waals surface area contributed by atoms with Crippen molar-refractivity contribution in [2.45, 2.75) is 6.54 Å². The SMILES string of the molecule is O=[N+]([O-])c1c(NCc2ccccc2Cl)ncnc1Nc1cccc(Cl)c1Cl. The van der Waals surface area contributed by atoms with E-state index in [4.69, 9.17) is 34.8 Å². The van der Waals surface area contributed by atoms with Crippen LogP contribution in [-0.4, -0.2) is 14.9 Å². The third kappa shape index (κ3) is 4.39. The second kappa shape index (κ2) is 8.39. The molecular weight excluding hydrogens is 413 g/mol. The molecule has 0 aliphatic heterocycles. The molecule has 0 bridgehead atoms. The number of rotatable bonds is 6. The van der Waals surface area contributed by atoms with E-state index in [0.717, 1.165) is 5.56 Å². The van der Waals surface area contributed by atoms with Gasteiger partial charge in [-0.2, -0.15) is 0 Å². The minimum absolute atomic E-state index is 0.0131. The summed E-state index contributed by atoms with van der Waals surface area (Å²) in [6.07, 6.45) is 1.21. The Hall–Kier alpha value is -2.61. The number of nitrogens with one attached hydrogen (secondary N) is 2. The number of anilines is 3. The standard InChI is InChI=1S/C17H12Cl3N5O2/c18-11-5-2-1-4-10(11)8-21-16-15(25(26)27)17(23-9-22-16)24-13-7-3-6-12(19)14(13)20/h1-7,9H,8H2,(H2,21,22,23,24). The van der Waals surface area contributed by atoms with Crippen molar-refractivity contribution in [1.82, 2.24) is 9.97 Å². The molecule has 27 heavy (non-hydrogen) atoms. The van der Waals surface area contributed by atoms with Crippen molar-refractivity contribution in [2.75, 3.05) is 10.6 Å². The summed E-state index contributed by atoms with van der Waals surface area (Å²) in [5.41, 5.74) is 0.850. The molecule has 3 rings (SSSR count). The molecule has 0 amide bonds. The van der Waals surface area contributed by atoms with Gasteiger partial charge in [0, 0.05) is 11.6 Å². The normalized spacial score (nSPS) is 10.5. The lowest BCUT2D eigenvalue weighted by Gasteiger charge is -2.12. The number of halogens is 3. The van der Waals surface area contributed by atoms with Gasteiger partial charge in [0.15, 0.2) is 0 Å². The lowest BCUT2D eigenvalue weighted by molar-refractivity contribution is -0.383. The number of nitro groups is 1. The zero-order chi connectivity index (χ0) is 19.4. The minimum Gasteiger partial charge on any atom is -0.360 e. The molecule has 1 heterocycles. The number of benzene rings is 2. The van der Waals surface area contributed by atoms with Gasteiger partial charge in [-0.15, -0.1) is 0 Å². The molecule has 0 saturated heterocycles. The summed E-state index contributed by atoms with van der Waals surface area (Å²) in [6.45, 7) is 0.259. The van der Waals surface area contributed by atoms with E-state index in [1.807, 2.05) is 12.1 Å². The van der Waals surface area contributed by atoms with Crippen LogP contribution in [0.25, 0.3) is 0 Å². The average Bonchev–Trinajstić information content (AvgIpc) is 2.64. The van der Waals surface area contributed by atoms with Crippen LogP contribution in [0.5, 0.6) is 0 Å². The zero-order valence-corrected chi connectivity index (χ0v) is 15.9. The fourth-order valence-electron chi connectivity index (χ4n) is 2.32. The third-order valence-corrected chi connectivity index (χ3v) is 4.80. The Kier molecular flexibility index (Phi) is 5.95. The molecule has 0 fully saturated rings. The van der Waals surface area contributed by atoms with Gasteiger partial charge in [0.25, 0.3) is 0 Å². The maximum Gasteiger partial charge on any atom is 0.353 e. The molecule has 7 nitrogen and oxygen atoms in total. The molecule has 138 valence electrons. The Morgan fingerprint density at radius 1 is 0.963 bits per heavy atom. The molecule has 0 aliphatic carbocycles. The highest BCUT2D eigenvalue weighted by Gasteiger charge is 2.24. The topological polar surface area (TPSA) is 93.0 Å². The van der Waals surface area contributed by atoms with Crippen molar-refractivity contribution in [3.8, 4) is 0 Å². The Labute approximate surface area is 169 Å².